The molecule has 0 aliphatic carbocycles. The molecule has 1 heterocycles. The van der Waals surface area contributed by atoms with Crippen LogP contribution in [0.1, 0.15) is 34.6 Å². The normalized spacial score (nSPS) is 12.7. The van der Waals surface area contributed by atoms with Crippen LogP contribution < -0.4 is 0 Å². The molecule has 1 atom stereocenters. The third-order valence-electron chi connectivity index (χ3n) is 2.92. The highest BCUT2D eigenvalue weighted by Gasteiger charge is 2.15. The summed E-state index contributed by atoms with van der Waals surface area (Å²) in [6, 6.07) is 10.2. The lowest BCUT2D eigenvalue weighted by molar-refractivity contribution is 0.220. The first-order chi connectivity index (χ1) is 8.11. The Hall–Kier alpha value is -0.640. The lowest BCUT2D eigenvalue weighted by Crippen LogP contribution is -1.99. The first kappa shape index (κ1) is 12.8. The van der Waals surface area contributed by atoms with E-state index >= 15 is 0 Å². The van der Waals surface area contributed by atoms with Crippen LogP contribution in [0.3, 0.4) is 0 Å². The monoisotopic (exact) mass is 310 g/mol. The van der Waals surface area contributed by atoms with Gasteiger partial charge in [-0.25, -0.2) is 0 Å². The highest BCUT2D eigenvalue weighted by atomic mass is 79.9. The number of aryl methyl sites for hydroxylation is 2. The smallest absolute Gasteiger partial charge is 0.105 e. The fourth-order valence-corrected chi connectivity index (χ4v) is 3.59. The summed E-state index contributed by atoms with van der Waals surface area (Å²) >= 11 is 5.11. The molecule has 0 saturated carbocycles. The molecule has 1 nitrogen and oxygen atoms in total. The zero-order valence-electron chi connectivity index (χ0n) is 9.90. The average Bonchev–Trinajstić information content (AvgIpc) is 2.68. The molecule has 0 saturated heterocycles. The Kier molecular flexibility index (Phi) is 4.02. The Balaban J connectivity index is 2.30. The van der Waals surface area contributed by atoms with Crippen molar-refractivity contribution in [2.75, 3.05) is 0 Å². The van der Waals surface area contributed by atoms with Crippen molar-refractivity contribution in [1.82, 2.24) is 0 Å². The molecule has 0 bridgehead atoms. The summed E-state index contributed by atoms with van der Waals surface area (Å²) in [5.41, 5.74) is 3.24. The molecule has 1 unspecified atom stereocenters. The Morgan fingerprint density at radius 3 is 2.41 bits per heavy atom. The quantitative estimate of drug-likeness (QED) is 0.887. The van der Waals surface area contributed by atoms with Gasteiger partial charge in [-0.2, -0.15) is 0 Å². The lowest BCUT2D eigenvalue weighted by Gasteiger charge is -2.11. The number of aliphatic hydroxyl groups excluding tert-OH is 1. The summed E-state index contributed by atoms with van der Waals surface area (Å²) in [7, 11) is 0. The minimum Gasteiger partial charge on any atom is -0.384 e. The Morgan fingerprint density at radius 2 is 1.94 bits per heavy atom. The average molecular weight is 311 g/mol. The first-order valence-electron chi connectivity index (χ1n) is 5.64. The molecule has 2 rings (SSSR count). The van der Waals surface area contributed by atoms with Crippen molar-refractivity contribution in [2.24, 2.45) is 0 Å². The van der Waals surface area contributed by atoms with Crippen molar-refractivity contribution < 1.29 is 5.11 Å². The van der Waals surface area contributed by atoms with Crippen molar-refractivity contribution in [3.05, 3.63) is 55.7 Å². The fourth-order valence-electron chi connectivity index (χ4n) is 1.85. The van der Waals surface area contributed by atoms with Gasteiger partial charge in [0.1, 0.15) is 6.10 Å². The Bertz CT molecular complexity index is 501. The molecule has 0 radical (unpaired) electrons. The van der Waals surface area contributed by atoms with Crippen LogP contribution in [0.2, 0.25) is 0 Å². The highest BCUT2D eigenvalue weighted by molar-refractivity contribution is 9.11. The third kappa shape index (κ3) is 2.79. The van der Waals surface area contributed by atoms with Gasteiger partial charge in [0, 0.05) is 4.88 Å². The van der Waals surface area contributed by atoms with Crippen LogP contribution in [-0.2, 0) is 6.42 Å². The lowest BCUT2D eigenvalue weighted by atomic mass is 10.0. The van der Waals surface area contributed by atoms with E-state index in [0.29, 0.717) is 0 Å². The summed E-state index contributed by atoms with van der Waals surface area (Å²) in [5.74, 6) is 0. The van der Waals surface area contributed by atoms with Crippen molar-refractivity contribution >= 4 is 27.3 Å². The Labute approximate surface area is 114 Å². The number of aliphatic hydroxyl groups is 1. The fraction of sp³-hybridized carbons (Fsp3) is 0.286. The zero-order valence-corrected chi connectivity index (χ0v) is 12.3. The van der Waals surface area contributed by atoms with Gasteiger partial charge < -0.3 is 5.11 Å². The summed E-state index contributed by atoms with van der Waals surface area (Å²) in [5, 5.41) is 10.3. The topological polar surface area (TPSA) is 20.2 Å². The van der Waals surface area contributed by atoms with Gasteiger partial charge in [0.2, 0.25) is 0 Å². The molecule has 0 amide bonds. The van der Waals surface area contributed by atoms with Gasteiger partial charge in [-0.15, -0.1) is 11.3 Å². The van der Waals surface area contributed by atoms with E-state index in [2.05, 4.69) is 35.0 Å². The number of hydrogen-bond donors (Lipinski definition) is 1. The van der Waals surface area contributed by atoms with E-state index in [9.17, 15) is 5.11 Å². The van der Waals surface area contributed by atoms with E-state index < -0.39 is 6.10 Å². The van der Waals surface area contributed by atoms with E-state index in [-0.39, 0.29) is 0 Å². The minimum absolute atomic E-state index is 0.525. The van der Waals surface area contributed by atoms with Crippen LogP contribution in [0.5, 0.6) is 0 Å². The number of thiophene rings is 1. The second-order valence-electron chi connectivity index (χ2n) is 4.06. The molecule has 0 aliphatic heterocycles. The van der Waals surface area contributed by atoms with Gasteiger partial charge in [0.25, 0.3) is 0 Å². The van der Waals surface area contributed by atoms with Crippen LogP contribution in [0.4, 0.5) is 0 Å². The van der Waals surface area contributed by atoms with Crippen LogP contribution >= 0.6 is 27.3 Å². The van der Waals surface area contributed by atoms with Gasteiger partial charge in [-0.3, -0.25) is 0 Å². The van der Waals surface area contributed by atoms with Gasteiger partial charge in [0.05, 0.1) is 3.79 Å². The van der Waals surface area contributed by atoms with Crippen molar-refractivity contribution in [2.45, 2.75) is 26.4 Å². The van der Waals surface area contributed by atoms with Gasteiger partial charge in [-0.05, 0) is 52.0 Å². The molecule has 0 fully saturated rings. The van der Waals surface area contributed by atoms with Gasteiger partial charge >= 0.3 is 0 Å². The second kappa shape index (κ2) is 5.34. The maximum Gasteiger partial charge on any atom is 0.105 e. The molecule has 1 aromatic heterocycles. The van der Waals surface area contributed by atoms with E-state index in [1.165, 1.54) is 5.56 Å². The van der Waals surface area contributed by atoms with Crippen LogP contribution in [0.25, 0.3) is 0 Å². The number of hydrogen-bond acceptors (Lipinski definition) is 2. The third-order valence-corrected chi connectivity index (χ3v) is 4.49. The van der Waals surface area contributed by atoms with Crippen molar-refractivity contribution in [3.63, 3.8) is 0 Å². The first-order valence-corrected chi connectivity index (χ1v) is 7.25. The van der Waals surface area contributed by atoms with Crippen molar-refractivity contribution in [1.29, 1.82) is 0 Å². The maximum atomic E-state index is 10.3. The molecule has 3 heteroatoms. The van der Waals surface area contributed by atoms with E-state index in [1.54, 1.807) is 11.3 Å². The minimum atomic E-state index is -0.525. The van der Waals surface area contributed by atoms with Crippen LogP contribution in [-0.4, -0.2) is 5.11 Å². The summed E-state index contributed by atoms with van der Waals surface area (Å²) in [4.78, 5) is 1.16. The number of rotatable bonds is 3. The highest BCUT2D eigenvalue weighted by Crippen LogP contribution is 2.33. The number of benzene rings is 1. The second-order valence-corrected chi connectivity index (χ2v) is 6.70. The predicted molar refractivity (Wildman–Crippen MR) is 76.6 cm³/mol. The molecule has 90 valence electrons. The molecular weight excluding hydrogens is 296 g/mol. The van der Waals surface area contributed by atoms with Gasteiger partial charge in [-0.1, -0.05) is 31.2 Å². The molecule has 2 aromatic rings. The van der Waals surface area contributed by atoms with E-state index in [1.807, 2.05) is 25.1 Å². The number of halogens is 1. The zero-order chi connectivity index (χ0) is 12.4. The van der Waals surface area contributed by atoms with E-state index in [0.717, 1.165) is 26.2 Å². The molecular formula is C14H15BrOS. The summed E-state index contributed by atoms with van der Waals surface area (Å²) < 4.78 is 1.06. The van der Waals surface area contributed by atoms with E-state index in [4.69, 9.17) is 0 Å². The molecule has 17 heavy (non-hydrogen) atoms. The summed E-state index contributed by atoms with van der Waals surface area (Å²) in [6.45, 7) is 4.17. The van der Waals surface area contributed by atoms with Crippen LogP contribution in [0.15, 0.2) is 34.1 Å². The molecule has 1 N–H and O–H groups in total. The molecule has 0 spiro atoms. The molecule has 0 aliphatic rings. The molecule has 1 aromatic carbocycles. The van der Waals surface area contributed by atoms with Crippen LogP contribution in [0, 0.1) is 6.92 Å². The SMILES string of the molecule is CCc1ccc(C(O)c2cc(Br)sc2C)cc1. The van der Waals surface area contributed by atoms with Gasteiger partial charge in [0.15, 0.2) is 0 Å². The Morgan fingerprint density at radius 1 is 1.29 bits per heavy atom. The standard InChI is InChI=1S/C14H15BrOS/c1-3-10-4-6-11(7-5-10)14(16)12-8-13(15)17-9(12)2/h4-8,14,16H,3H2,1-2H3. The van der Waals surface area contributed by atoms with Crippen molar-refractivity contribution in [3.8, 4) is 0 Å². The predicted octanol–water partition coefficient (Wildman–Crippen LogP) is 4.46. The largest absolute Gasteiger partial charge is 0.384 e. The maximum absolute atomic E-state index is 10.3. The summed E-state index contributed by atoms with van der Waals surface area (Å²) in [6.07, 6.45) is 0.503.